The highest BCUT2D eigenvalue weighted by molar-refractivity contribution is 6.29. The highest BCUT2D eigenvalue weighted by atomic mass is 35.5. The van der Waals surface area contributed by atoms with Crippen LogP contribution in [0.1, 0.15) is 21.5 Å². The Balaban J connectivity index is 1.74. The van der Waals surface area contributed by atoms with Crippen molar-refractivity contribution in [3.63, 3.8) is 0 Å². The molecule has 0 fully saturated rings. The second-order valence-electron chi connectivity index (χ2n) is 6.64. The van der Waals surface area contributed by atoms with Gasteiger partial charge in [-0.15, -0.1) is 0 Å². The molecule has 0 aliphatic carbocycles. The van der Waals surface area contributed by atoms with Crippen LogP contribution >= 0.6 is 11.6 Å². The molecule has 1 aromatic heterocycles. The van der Waals surface area contributed by atoms with Crippen molar-refractivity contribution in [2.45, 2.75) is 13.1 Å². The van der Waals surface area contributed by atoms with Crippen LogP contribution in [0.5, 0.6) is 0 Å². The van der Waals surface area contributed by atoms with E-state index in [1.165, 1.54) is 11.8 Å². The van der Waals surface area contributed by atoms with E-state index >= 15 is 0 Å². The molecular formula is C22H22ClN3O. The van der Waals surface area contributed by atoms with Gasteiger partial charge in [0.05, 0.1) is 5.56 Å². The van der Waals surface area contributed by atoms with E-state index in [0.717, 1.165) is 23.2 Å². The van der Waals surface area contributed by atoms with Crippen molar-refractivity contribution >= 4 is 17.5 Å². The number of pyridine rings is 1. The third-order valence-electron chi connectivity index (χ3n) is 4.21. The van der Waals surface area contributed by atoms with Crippen LogP contribution in [0.2, 0.25) is 5.15 Å². The summed E-state index contributed by atoms with van der Waals surface area (Å²) < 4.78 is 0. The lowest BCUT2D eigenvalue weighted by Crippen LogP contribution is -2.23. The Morgan fingerprint density at radius 3 is 2.44 bits per heavy atom. The third-order valence-corrected chi connectivity index (χ3v) is 4.43. The first-order chi connectivity index (χ1) is 13.0. The lowest BCUT2D eigenvalue weighted by atomic mass is 9.98. The van der Waals surface area contributed by atoms with Crippen LogP contribution in [0.15, 0.2) is 66.9 Å². The molecule has 1 heterocycles. The molecule has 138 valence electrons. The van der Waals surface area contributed by atoms with Crippen LogP contribution in [0.25, 0.3) is 11.1 Å². The number of hydrogen-bond acceptors (Lipinski definition) is 3. The zero-order valence-electron chi connectivity index (χ0n) is 15.4. The summed E-state index contributed by atoms with van der Waals surface area (Å²) in [7, 11) is 4.12. The molecule has 4 nitrogen and oxygen atoms in total. The molecule has 0 spiro atoms. The molecule has 3 rings (SSSR count). The van der Waals surface area contributed by atoms with E-state index in [0.29, 0.717) is 17.3 Å². The summed E-state index contributed by atoms with van der Waals surface area (Å²) in [5.41, 5.74) is 5.07. The zero-order chi connectivity index (χ0) is 19.2. The van der Waals surface area contributed by atoms with Gasteiger partial charge in [-0.25, -0.2) is 4.98 Å². The van der Waals surface area contributed by atoms with Crippen LogP contribution in [-0.2, 0) is 13.1 Å². The van der Waals surface area contributed by atoms with Gasteiger partial charge in [-0.05, 0) is 48.5 Å². The van der Waals surface area contributed by atoms with Crippen LogP contribution in [-0.4, -0.2) is 29.9 Å². The second kappa shape index (κ2) is 8.80. The number of rotatable bonds is 6. The molecule has 1 N–H and O–H groups in total. The number of amides is 1. The molecule has 2 aromatic carbocycles. The maximum atomic E-state index is 12.3. The Morgan fingerprint density at radius 1 is 1.04 bits per heavy atom. The van der Waals surface area contributed by atoms with E-state index in [-0.39, 0.29) is 5.91 Å². The number of halogens is 1. The first kappa shape index (κ1) is 19.1. The summed E-state index contributed by atoms with van der Waals surface area (Å²) in [6.07, 6.45) is 1.48. The summed E-state index contributed by atoms with van der Waals surface area (Å²) in [4.78, 5) is 18.4. The number of benzene rings is 2. The molecule has 3 aromatic rings. The van der Waals surface area contributed by atoms with Crippen LogP contribution in [0.4, 0.5) is 0 Å². The molecule has 5 heteroatoms. The fourth-order valence-corrected chi connectivity index (χ4v) is 3.01. The van der Waals surface area contributed by atoms with Gasteiger partial charge in [-0.3, -0.25) is 4.79 Å². The Bertz CT molecular complexity index is 906. The van der Waals surface area contributed by atoms with Gasteiger partial charge in [0.15, 0.2) is 0 Å². The quantitative estimate of drug-likeness (QED) is 0.646. The van der Waals surface area contributed by atoms with Gasteiger partial charge in [0.2, 0.25) is 0 Å². The van der Waals surface area contributed by atoms with Crippen LogP contribution in [0.3, 0.4) is 0 Å². The standard InChI is InChI=1S/C22H22ClN3O/c1-26(2)15-16-7-9-17(10-8-16)20-6-4-3-5-18(20)13-25-22(27)19-11-12-21(23)24-14-19/h3-12,14H,13,15H2,1-2H3,(H,25,27). The molecular weight excluding hydrogens is 358 g/mol. The van der Waals surface area contributed by atoms with Crippen molar-refractivity contribution in [2.24, 2.45) is 0 Å². The highest BCUT2D eigenvalue weighted by Gasteiger charge is 2.09. The van der Waals surface area contributed by atoms with Crippen molar-refractivity contribution in [3.05, 3.63) is 88.7 Å². The number of aromatic nitrogens is 1. The molecule has 0 aliphatic rings. The fourth-order valence-electron chi connectivity index (χ4n) is 2.90. The number of nitrogens with zero attached hydrogens (tertiary/aromatic N) is 2. The first-order valence-corrected chi connectivity index (χ1v) is 9.12. The average Bonchev–Trinajstić information content (AvgIpc) is 2.67. The van der Waals surface area contributed by atoms with Crippen molar-refractivity contribution < 1.29 is 4.79 Å². The van der Waals surface area contributed by atoms with Gasteiger partial charge < -0.3 is 10.2 Å². The normalized spacial score (nSPS) is 10.8. The van der Waals surface area contributed by atoms with Crippen molar-refractivity contribution in [2.75, 3.05) is 14.1 Å². The molecule has 0 saturated heterocycles. The Kier molecular flexibility index (Phi) is 6.22. The fraction of sp³-hybridized carbons (Fsp3) is 0.182. The molecule has 0 aliphatic heterocycles. The van der Waals surface area contributed by atoms with E-state index in [4.69, 9.17) is 11.6 Å². The molecule has 0 bridgehead atoms. The number of carbonyl (C=O) groups excluding carboxylic acids is 1. The van der Waals surface area contributed by atoms with Crippen molar-refractivity contribution in [1.29, 1.82) is 0 Å². The summed E-state index contributed by atoms with van der Waals surface area (Å²) >= 11 is 5.77. The molecule has 0 atom stereocenters. The molecule has 1 amide bonds. The van der Waals surface area contributed by atoms with E-state index in [2.05, 4.69) is 59.6 Å². The summed E-state index contributed by atoms with van der Waals surface area (Å²) in [6, 6.07) is 19.9. The maximum Gasteiger partial charge on any atom is 0.253 e. The first-order valence-electron chi connectivity index (χ1n) is 8.74. The Hall–Kier alpha value is -2.69. The van der Waals surface area contributed by atoms with Gasteiger partial charge in [-0.1, -0.05) is 60.1 Å². The predicted molar refractivity (Wildman–Crippen MR) is 110 cm³/mol. The van der Waals surface area contributed by atoms with Gasteiger partial charge in [-0.2, -0.15) is 0 Å². The monoisotopic (exact) mass is 379 g/mol. The van der Waals surface area contributed by atoms with E-state index < -0.39 is 0 Å². The topological polar surface area (TPSA) is 45.2 Å². The predicted octanol–water partition coefficient (Wildman–Crippen LogP) is 4.39. The minimum atomic E-state index is -0.171. The van der Waals surface area contributed by atoms with Gasteiger partial charge >= 0.3 is 0 Å². The van der Waals surface area contributed by atoms with E-state index in [1.54, 1.807) is 12.1 Å². The van der Waals surface area contributed by atoms with Crippen molar-refractivity contribution in [3.8, 4) is 11.1 Å². The molecule has 0 unspecified atom stereocenters. The Morgan fingerprint density at radius 2 is 1.78 bits per heavy atom. The van der Waals surface area contributed by atoms with Crippen molar-refractivity contribution in [1.82, 2.24) is 15.2 Å². The van der Waals surface area contributed by atoms with E-state index in [1.807, 2.05) is 18.2 Å². The summed E-state index contributed by atoms with van der Waals surface area (Å²) in [5.74, 6) is -0.171. The van der Waals surface area contributed by atoms with Gasteiger partial charge in [0.25, 0.3) is 5.91 Å². The Labute approximate surface area is 164 Å². The SMILES string of the molecule is CN(C)Cc1ccc(-c2ccccc2CNC(=O)c2ccc(Cl)nc2)cc1. The number of hydrogen-bond donors (Lipinski definition) is 1. The second-order valence-corrected chi connectivity index (χ2v) is 7.03. The third kappa shape index (κ3) is 5.16. The van der Waals surface area contributed by atoms with Gasteiger partial charge in [0.1, 0.15) is 5.15 Å². The molecule has 27 heavy (non-hydrogen) atoms. The smallest absolute Gasteiger partial charge is 0.253 e. The molecule has 0 radical (unpaired) electrons. The minimum Gasteiger partial charge on any atom is -0.348 e. The summed E-state index contributed by atoms with van der Waals surface area (Å²) in [5, 5.41) is 3.32. The number of nitrogens with one attached hydrogen (secondary N) is 1. The summed E-state index contributed by atoms with van der Waals surface area (Å²) in [6.45, 7) is 1.35. The minimum absolute atomic E-state index is 0.171. The zero-order valence-corrected chi connectivity index (χ0v) is 16.2. The molecule has 0 saturated carbocycles. The maximum absolute atomic E-state index is 12.3. The lowest BCUT2D eigenvalue weighted by Gasteiger charge is -2.13. The number of carbonyl (C=O) groups is 1. The average molecular weight is 380 g/mol. The lowest BCUT2D eigenvalue weighted by molar-refractivity contribution is 0.0950. The van der Waals surface area contributed by atoms with Crippen LogP contribution < -0.4 is 5.32 Å². The van der Waals surface area contributed by atoms with E-state index in [9.17, 15) is 4.79 Å². The highest BCUT2D eigenvalue weighted by Crippen LogP contribution is 2.24. The van der Waals surface area contributed by atoms with Gasteiger partial charge in [0, 0.05) is 19.3 Å². The van der Waals surface area contributed by atoms with Crippen LogP contribution in [0, 0.1) is 0 Å². The largest absolute Gasteiger partial charge is 0.348 e.